The Morgan fingerprint density at radius 2 is 2.06 bits per heavy atom. The van der Waals surface area contributed by atoms with Crippen molar-refractivity contribution in [2.75, 3.05) is 5.73 Å². The zero-order chi connectivity index (χ0) is 13.2. The summed E-state index contributed by atoms with van der Waals surface area (Å²) in [5, 5.41) is 27.6. The van der Waals surface area contributed by atoms with Gasteiger partial charge in [0.05, 0.1) is 12.5 Å². The summed E-state index contributed by atoms with van der Waals surface area (Å²) in [6.45, 7) is 1.55. The monoisotopic (exact) mass is 243 g/mol. The molecule has 0 aliphatic carbocycles. The lowest BCUT2D eigenvalue weighted by Gasteiger charge is -2.19. The molecule has 5 N–H and O–H groups in total. The number of carbonyl (C=O) groups is 1. The van der Waals surface area contributed by atoms with Gasteiger partial charge in [0, 0.05) is 11.3 Å². The first-order valence-electron chi connectivity index (χ1n) is 4.96. The summed E-state index contributed by atoms with van der Waals surface area (Å²) in [6.07, 6.45) is -3.70. The summed E-state index contributed by atoms with van der Waals surface area (Å²) in [5.74, 6) is -1.86. The van der Waals surface area contributed by atoms with E-state index in [1.54, 1.807) is 6.92 Å². The largest absolute Gasteiger partial charge is 0.481 e. The number of aliphatic hydroxyl groups excluding tert-OH is 2. The van der Waals surface area contributed by atoms with E-state index in [0.717, 1.165) is 6.07 Å². The van der Waals surface area contributed by atoms with E-state index in [4.69, 9.17) is 10.8 Å². The van der Waals surface area contributed by atoms with Crippen LogP contribution in [0.15, 0.2) is 12.1 Å². The van der Waals surface area contributed by atoms with Gasteiger partial charge < -0.3 is 21.1 Å². The maximum atomic E-state index is 13.1. The SMILES string of the molecule is Cc1cc(F)cc(C(O)C(O)CC(=O)O)c1N. The van der Waals surface area contributed by atoms with Gasteiger partial charge in [0.15, 0.2) is 0 Å². The number of hydrogen-bond acceptors (Lipinski definition) is 4. The summed E-state index contributed by atoms with van der Waals surface area (Å²) in [7, 11) is 0. The minimum atomic E-state index is -1.53. The van der Waals surface area contributed by atoms with E-state index in [9.17, 15) is 19.4 Å². The number of anilines is 1. The summed E-state index contributed by atoms with van der Waals surface area (Å²) in [6, 6.07) is 2.17. The molecule has 0 bridgehead atoms. The Bertz CT molecular complexity index is 436. The van der Waals surface area contributed by atoms with Crippen molar-refractivity contribution in [2.45, 2.75) is 25.6 Å². The van der Waals surface area contributed by atoms with Crippen LogP contribution in [0.3, 0.4) is 0 Å². The van der Waals surface area contributed by atoms with Crippen LogP contribution in [0, 0.1) is 12.7 Å². The summed E-state index contributed by atoms with van der Waals surface area (Å²) < 4.78 is 13.1. The second-order valence-electron chi connectivity index (χ2n) is 3.84. The highest BCUT2D eigenvalue weighted by molar-refractivity contribution is 5.67. The van der Waals surface area contributed by atoms with Crippen LogP contribution in [-0.4, -0.2) is 27.4 Å². The maximum Gasteiger partial charge on any atom is 0.306 e. The van der Waals surface area contributed by atoms with E-state index in [1.807, 2.05) is 0 Å². The van der Waals surface area contributed by atoms with Crippen LogP contribution >= 0.6 is 0 Å². The van der Waals surface area contributed by atoms with Crippen LogP contribution in [0.1, 0.15) is 23.7 Å². The quantitative estimate of drug-likeness (QED) is 0.579. The van der Waals surface area contributed by atoms with Crippen molar-refractivity contribution < 1.29 is 24.5 Å². The van der Waals surface area contributed by atoms with Crippen molar-refractivity contribution in [2.24, 2.45) is 0 Å². The third-order valence-electron chi connectivity index (χ3n) is 2.45. The maximum absolute atomic E-state index is 13.1. The molecule has 0 heterocycles. The van der Waals surface area contributed by atoms with Crippen LogP contribution < -0.4 is 5.73 Å². The summed E-state index contributed by atoms with van der Waals surface area (Å²) in [5.41, 5.74) is 6.19. The van der Waals surface area contributed by atoms with E-state index in [0.29, 0.717) is 5.56 Å². The van der Waals surface area contributed by atoms with Crippen molar-refractivity contribution in [3.8, 4) is 0 Å². The number of carboxylic acid groups (broad SMARTS) is 1. The van der Waals surface area contributed by atoms with Gasteiger partial charge in [-0.3, -0.25) is 4.79 Å². The molecule has 1 aromatic carbocycles. The van der Waals surface area contributed by atoms with Crippen molar-refractivity contribution >= 4 is 11.7 Å². The lowest BCUT2D eigenvalue weighted by molar-refractivity contribution is -0.141. The van der Waals surface area contributed by atoms with Gasteiger partial charge in [0.2, 0.25) is 0 Å². The first-order chi connectivity index (χ1) is 7.82. The first kappa shape index (κ1) is 13.4. The van der Waals surface area contributed by atoms with Crippen LogP contribution in [-0.2, 0) is 4.79 Å². The third-order valence-corrected chi connectivity index (χ3v) is 2.45. The molecule has 0 spiro atoms. The average Bonchev–Trinajstić information content (AvgIpc) is 2.21. The van der Waals surface area contributed by atoms with Gasteiger partial charge in [0.25, 0.3) is 0 Å². The van der Waals surface area contributed by atoms with E-state index >= 15 is 0 Å². The number of hydrogen-bond donors (Lipinski definition) is 4. The van der Waals surface area contributed by atoms with E-state index in [1.165, 1.54) is 6.07 Å². The number of aliphatic carboxylic acids is 1. The van der Waals surface area contributed by atoms with E-state index < -0.39 is 30.4 Å². The van der Waals surface area contributed by atoms with Crippen LogP contribution in [0.4, 0.5) is 10.1 Å². The molecule has 1 rings (SSSR count). The molecule has 0 aliphatic rings. The van der Waals surface area contributed by atoms with Gasteiger partial charge in [-0.15, -0.1) is 0 Å². The molecule has 5 nitrogen and oxygen atoms in total. The van der Waals surface area contributed by atoms with E-state index in [2.05, 4.69) is 0 Å². The molecule has 0 saturated heterocycles. The Morgan fingerprint density at radius 3 is 2.59 bits per heavy atom. The van der Waals surface area contributed by atoms with Crippen LogP contribution in [0.2, 0.25) is 0 Å². The first-order valence-corrected chi connectivity index (χ1v) is 4.96. The van der Waals surface area contributed by atoms with Crippen molar-refractivity contribution in [3.05, 3.63) is 29.1 Å². The number of carboxylic acids is 1. The van der Waals surface area contributed by atoms with Crippen LogP contribution in [0.5, 0.6) is 0 Å². The molecule has 0 saturated carbocycles. The Morgan fingerprint density at radius 1 is 1.47 bits per heavy atom. The molecular formula is C11H14FNO4. The molecule has 6 heteroatoms. The molecule has 0 radical (unpaired) electrons. The van der Waals surface area contributed by atoms with Gasteiger partial charge in [0.1, 0.15) is 11.9 Å². The molecule has 0 amide bonds. The normalized spacial score (nSPS) is 14.4. The Hall–Kier alpha value is -1.66. The molecular weight excluding hydrogens is 229 g/mol. The van der Waals surface area contributed by atoms with Crippen molar-refractivity contribution in [3.63, 3.8) is 0 Å². The smallest absolute Gasteiger partial charge is 0.306 e. The molecule has 0 aromatic heterocycles. The molecule has 94 valence electrons. The topological polar surface area (TPSA) is 104 Å². The predicted molar refractivity (Wildman–Crippen MR) is 58.8 cm³/mol. The van der Waals surface area contributed by atoms with E-state index in [-0.39, 0.29) is 11.3 Å². The molecule has 0 aliphatic heterocycles. The average molecular weight is 243 g/mol. The fraction of sp³-hybridized carbons (Fsp3) is 0.364. The minimum Gasteiger partial charge on any atom is -0.481 e. The number of nitrogens with two attached hydrogens (primary N) is 1. The molecule has 2 atom stereocenters. The lowest BCUT2D eigenvalue weighted by Crippen LogP contribution is -2.23. The summed E-state index contributed by atoms with van der Waals surface area (Å²) >= 11 is 0. The lowest BCUT2D eigenvalue weighted by atomic mass is 9.98. The molecule has 1 aromatic rings. The highest BCUT2D eigenvalue weighted by atomic mass is 19.1. The second kappa shape index (κ2) is 5.11. The van der Waals surface area contributed by atoms with Gasteiger partial charge >= 0.3 is 5.97 Å². The fourth-order valence-electron chi connectivity index (χ4n) is 1.52. The number of aryl methyl sites for hydroxylation is 1. The third kappa shape index (κ3) is 3.15. The second-order valence-corrected chi connectivity index (χ2v) is 3.84. The van der Waals surface area contributed by atoms with Gasteiger partial charge in [-0.05, 0) is 24.6 Å². The molecule has 0 fully saturated rings. The number of nitrogen functional groups attached to an aromatic ring is 1. The number of aliphatic hydroxyl groups is 2. The Kier molecular flexibility index (Phi) is 4.03. The molecule has 2 unspecified atom stereocenters. The number of halogens is 1. The minimum absolute atomic E-state index is 0.00347. The number of benzene rings is 1. The van der Waals surface area contributed by atoms with Crippen molar-refractivity contribution in [1.82, 2.24) is 0 Å². The Balaban J connectivity index is 3.03. The fourth-order valence-corrected chi connectivity index (χ4v) is 1.52. The number of rotatable bonds is 4. The van der Waals surface area contributed by atoms with Crippen molar-refractivity contribution in [1.29, 1.82) is 0 Å². The highest BCUT2D eigenvalue weighted by Crippen LogP contribution is 2.28. The zero-order valence-corrected chi connectivity index (χ0v) is 9.22. The standard InChI is InChI=1S/C11H14FNO4/c1-5-2-6(12)3-7(10(5)13)11(17)8(14)4-9(15)16/h2-3,8,11,14,17H,4,13H2,1H3,(H,15,16). The van der Waals surface area contributed by atoms with Gasteiger partial charge in [-0.25, -0.2) is 4.39 Å². The predicted octanol–water partition coefficient (Wildman–Crippen LogP) is 0.585. The van der Waals surface area contributed by atoms with Gasteiger partial charge in [-0.1, -0.05) is 0 Å². The summed E-state index contributed by atoms with van der Waals surface area (Å²) in [4.78, 5) is 10.4. The van der Waals surface area contributed by atoms with Crippen LogP contribution in [0.25, 0.3) is 0 Å². The molecule has 17 heavy (non-hydrogen) atoms. The Labute approximate surface area is 97.3 Å². The highest BCUT2D eigenvalue weighted by Gasteiger charge is 2.24. The zero-order valence-electron chi connectivity index (χ0n) is 9.22. The van der Waals surface area contributed by atoms with Gasteiger partial charge in [-0.2, -0.15) is 0 Å².